The molecule has 30 heavy (non-hydrogen) atoms. The number of hydrogen-bond donors (Lipinski definition) is 1. The first kappa shape index (κ1) is 20.3. The summed E-state index contributed by atoms with van der Waals surface area (Å²) >= 11 is 0. The van der Waals surface area contributed by atoms with Crippen molar-refractivity contribution >= 4 is 11.5 Å². The minimum atomic E-state index is -4.40. The lowest BCUT2D eigenvalue weighted by atomic mass is 9.97. The van der Waals surface area contributed by atoms with Crippen molar-refractivity contribution in [2.45, 2.75) is 24.9 Å². The molecule has 0 aliphatic carbocycles. The number of alkyl halides is 3. The lowest BCUT2D eigenvalue weighted by molar-refractivity contribution is -0.137. The molecule has 4 rings (SSSR count). The topological polar surface area (TPSA) is 53.9 Å². The number of nitrogens with zero attached hydrogens (tertiary/aromatic N) is 4. The third-order valence-corrected chi connectivity index (χ3v) is 5.15. The summed E-state index contributed by atoms with van der Waals surface area (Å²) < 4.78 is 39.2. The van der Waals surface area contributed by atoms with Gasteiger partial charge in [-0.15, -0.1) is 0 Å². The molecule has 3 heterocycles. The van der Waals surface area contributed by atoms with Gasteiger partial charge in [-0.25, -0.2) is 9.97 Å². The van der Waals surface area contributed by atoms with Crippen LogP contribution in [0.1, 0.15) is 30.1 Å². The molecular formula is C22H22F3N5. The van der Waals surface area contributed by atoms with Crippen LogP contribution < -0.4 is 5.32 Å². The van der Waals surface area contributed by atoms with Gasteiger partial charge in [-0.2, -0.15) is 13.2 Å². The fourth-order valence-corrected chi connectivity index (χ4v) is 3.67. The Balaban J connectivity index is 1.71. The average molecular weight is 413 g/mol. The summed E-state index contributed by atoms with van der Waals surface area (Å²) in [6.45, 7) is 1.88. The van der Waals surface area contributed by atoms with Crippen LogP contribution in [0.25, 0.3) is 11.3 Å². The zero-order valence-corrected chi connectivity index (χ0v) is 16.5. The highest BCUT2D eigenvalue weighted by Crippen LogP contribution is 2.32. The average Bonchev–Trinajstić information content (AvgIpc) is 2.74. The molecule has 2 aromatic heterocycles. The molecule has 156 valence electrons. The minimum Gasteiger partial charge on any atom is -0.340 e. The molecule has 3 aromatic rings. The van der Waals surface area contributed by atoms with E-state index in [4.69, 9.17) is 4.98 Å². The summed E-state index contributed by atoms with van der Waals surface area (Å²) in [5.41, 5.74) is 1.14. The molecule has 0 radical (unpaired) electrons. The van der Waals surface area contributed by atoms with E-state index in [1.807, 2.05) is 12.1 Å². The van der Waals surface area contributed by atoms with Crippen molar-refractivity contribution in [1.82, 2.24) is 19.9 Å². The molecule has 0 spiro atoms. The number of hydrogen-bond acceptors (Lipinski definition) is 5. The first-order valence-corrected chi connectivity index (χ1v) is 9.81. The van der Waals surface area contributed by atoms with Gasteiger partial charge in [-0.3, -0.25) is 4.98 Å². The maximum Gasteiger partial charge on any atom is 0.416 e. The largest absolute Gasteiger partial charge is 0.416 e. The number of pyridine rings is 1. The summed E-state index contributed by atoms with van der Waals surface area (Å²) in [5, 5.41) is 3.03. The van der Waals surface area contributed by atoms with Gasteiger partial charge in [-0.1, -0.05) is 6.07 Å². The van der Waals surface area contributed by atoms with Gasteiger partial charge >= 0.3 is 6.18 Å². The van der Waals surface area contributed by atoms with Crippen LogP contribution in [0.3, 0.4) is 0 Å². The third-order valence-electron chi connectivity index (χ3n) is 5.15. The van der Waals surface area contributed by atoms with E-state index < -0.39 is 11.7 Å². The van der Waals surface area contributed by atoms with Gasteiger partial charge in [-0.05, 0) is 56.8 Å². The molecule has 0 amide bonds. The van der Waals surface area contributed by atoms with Crippen molar-refractivity contribution in [3.63, 3.8) is 0 Å². The Labute approximate surface area is 173 Å². The molecule has 1 atom stereocenters. The molecule has 1 N–H and O–H groups in total. The van der Waals surface area contributed by atoms with Gasteiger partial charge in [0.05, 0.1) is 11.3 Å². The number of rotatable bonds is 4. The zero-order chi connectivity index (χ0) is 21.1. The van der Waals surface area contributed by atoms with E-state index in [9.17, 15) is 13.2 Å². The van der Waals surface area contributed by atoms with Crippen LogP contribution in [0.2, 0.25) is 0 Å². The Morgan fingerprint density at radius 2 is 1.97 bits per heavy atom. The van der Waals surface area contributed by atoms with Gasteiger partial charge < -0.3 is 10.2 Å². The second-order valence-electron chi connectivity index (χ2n) is 7.54. The number of anilines is 2. The van der Waals surface area contributed by atoms with Gasteiger partial charge in [0.1, 0.15) is 11.6 Å². The van der Waals surface area contributed by atoms with Crippen molar-refractivity contribution in [2.24, 2.45) is 0 Å². The van der Waals surface area contributed by atoms with Gasteiger partial charge in [0.25, 0.3) is 0 Å². The van der Waals surface area contributed by atoms with E-state index >= 15 is 0 Å². The molecule has 1 aliphatic heterocycles. The van der Waals surface area contributed by atoms with Gasteiger partial charge in [0, 0.05) is 42.2 Å². The smallest absolute Gasteiger partial charge is 0.340 e. The predicted molar refractivity (Wildman–Crippen MR) is 109 cm³/mol. The SMILES string of the molecule is CN1CCCC(c2nc(Nc3cccc(C(F)(F)F)c3)cc(-c3cccnc3)n2)C1. The normalized spacial score (nSPS) is 17.7. The molecule has 1 fully saturated rings. The molecule has 1 aromatic carbocycles. The quantitative estimate of drug-likeness (QED) is 0.644. The van der Waals surface area contributed by atoms with Crippen LogP contribution in [0.4, 0.5) is 24.7 Å². The number of halogens is 3. The number of likely N-dealkylation sites (tertiary alicyclic amines) is 1. The van der Waals surface area contributed by atoms with E-state index in [0.717, 1.165) is 43.6 Å². The first-order valence-electron chi connectivity index (χ1n) is 9.81. The number of likely N-dealkylation sites (N-methyl/N-ethyl adjacent to an activating group) is 1. The lowest BCUT2D eigenvalue weighted by Crippen LogP contribution is -2.31. The summed E-state index contributed by atoms with van der Waals surface area (Å²) in [7, 11) is 2.07. The van der Waals surface area contributed by atoms with Gasteiger partial charge in [0.15, 0.2) is 0 Å². The minimum absolute atomic E-state index is 0.169. The maximum absolute atomic E-state index is 13.1. The zero-order valence-electron chi connectivity index (χ0n) is 16.5. The van der Waals surface area contributed by atoms with Crippen LogP contribution in [0, 0.1) is 0 Å². The summed E-state index contributed by atoms with van der Waals surface area (Å²) in [5.74, 6) is 1.33. The number of nitrogens with one attached hydrogen (secondary N) is 1. The Kier molecular flexibility index (Phi) is 5.67. The maximum atomic E-state index is 13.1. The highest BCUT2D eigenvalue weighted by Gasteiger charge is 2.30. The van der Waals surface area contributed by atoms with Crippen molar-refractivity contribution in [1.29, 1.82) is 0 Å². The Morgan fingerprint density at radius 1 is 1.10 bits per heavy atom. The summed E-state index contributed by atoms with van der Waals surface area (Å²) in [6, 6.07) is 10.6. The Morgan fingerprint density at radius 3 is 2.70 bits per heavy atom. The molecule has 1 unspecified atom stereocenters. The fraction of sp³-hybridized carbons (Fsp3) is 0.318. The summed E-state index contributed by atoms with van der Waals surface area (Å²) in [6.07, 6.45) is 1.03. The second kappa shape index (κ2) is 8.39. The van der Waals surface area contributed by atoms with Crippen LogP contribution in [0.5, 0.6) is 0 Å². The first-order chi connectivity index (χ1) is 14.4. The Hall–Kier alpha value is -3.00. The van der Waals surface area contributed by atoms with Crippen molar-refractivity contribution < 1.29 is 13.2 Å². The van der Waals surface area contributed by atoms with Crippen molar-refractivity contribution in [2.75, 3.05) is 25.5 Å². The Bertz CT molecular complexity index is 1010. The molecular weight excluding hydrogens is 391 g/mol. The van der Waals surface area contributed by atoms with E-state index in [1.54, 1.807) is 24.5 Å². The molecule has 1 saturated heterocycles. The van der Waals surface area contributed by atoms with Crippen LogP contribution in [0.15, 0.2) is 54.9 Å². The predicted octanol–water partition coefficient (Wildman–Crippen LogP) is 5.11. The van der Waals surface area contributed by atoms with Crippen molar-refractivity contribution in [3.8, 4) is 11.3 Å². The fourth-order valence-electron chi connectivity index (χ4n) is 3.67. The van der Waals surface area contributed by atoms with Crippen LogP contribution >= 0.6 is 0 Å². The lowest BCUT2D eigenvalue weighted by Gasteiger charge is -2.29. The second-order valence-corrected chi connectivity index (χ2v) is 7.54. The summed E-state index contributed by atoms with van der Waals surface area (Å²) in [4.78, 5) is 15.8. The molecule has 1 aliphatic rings. The number of piperidine rings is 1. The van der Waals surface area contributed by atoms with Crippen LogP contribution in [-0.2, 0) is 6.18 Å². The molecule has 8 heteroatoms. The van der Waals surface area contributed by atoms with Crippen molar-refractivity contribution in [3.05, 3.63) is 66.2 Å². The number of benzene rings is 1. The standard InChI is InChI=1S/C22H22F3N5/c1-30-10-4-6-16(14-30)21-28-19(15-5-3-9-26-13-15)12-20(29-21)27-18-8-2-7-17(11-18)22(23,24)25/h2-3,5,7-9,11-13,16H,4,6,10,14H2,1H3,(H,27,28,29). The number of aromatic nitrogens is 3. The highest BCUT2D eigenvalue weighted by atomic mass is 19.4. The van der Waals surface area contributed by atoms with E-state index in [1.165, 1.54) is 6.07 Å². The van der Waals surface area contributed by atoms with E-state index in [2.05, 4.69) is 27.2 Å². The highest BCUT2D eigenvalue weighted by molar-refractivity contribution is 5.65. The van der Waals surface area contributed by atoms with Crippen LogP contribution in [-0.4, -0.2) is 40.0 Å². The molecule has 0 bridgehead atoms. The van der Waals surface area contributed by atoms with E-state index in [-0.39, 0.29) is 5.92 Å². The molecule has 5 nitrogen and oxygen atoms in total. The van der Waals surface area contributed by atoms with Gasteiger partial charge in [0.2, 0.25) is 0 Å². The monoisotopic (exact) mass is 413 g/mol. The molecule has 0 saturated carbocycles. The third kappa shape index (κ3) is 4.76. The van der Waals surface area contributed by atoms with E-state index in [0.29, 0.717) is 23.0 Å².